The predicted molar refractivity (Wildman–Crippen MR) is 97.8 cm³/mol. The standard InChI is InChI=1S/C18H22N2O4S/c1-19(2)15-9-5-8-14-13(15)7-6-10-16(14)25(23,24)17-11-3-4-12-20(17)18(21)22/h5-10,17H,3-4,11-12H2,1-2H3,(H,21,22). The maximum absolute atomic E-state index is 13.3. The monoisotopic (exact) mass is 362 g/mol. The molecular formula is C18H22N2O4S. The van der Waals surface area contributed by atoms with Crippen molar-refractivity contribution in [2.24, 2.45) is 0 Å². The van der Waals surface area contributed by atoms with Gasteiger partial charge < -0.3 is 10.0 Å². The number of hydrogen-bond donors (Lipinski definition) is 1. The molecule has 25 heavy (non-hydrogen) atoms. The molecule has 1 saturated heterocycles. The summed E-state index contributed by atoms with van der Waals surface area (Å²) in [6, 6.07) is 10.7. The van der Waals surface area contributed by atoms with Crippen LogP contribution < -0.4 is 4.90 Å². The molecule has 0 bridgehead atoms. The predicted octanol–water partition coefficient (Wildman–Crippen LogP) is 3.17. The van der Waals surface area contributed by atoms with Crippen LogP contribution in [0.15, 0.2) is 41.3 Å². The van der Waals surface area contributed by atoms with Crippen LogP contribution in [0.1, 0.15) is 19.3 Å². The summed E-state index contributed by atoms with van der Waals surface area (Å²) in [5, 5.41) is 9.85. The molecule has 2 aromatic rings. The third-order valence-corrected chi connectivity index (χ3v) is 6.87. The van der Waals surface area contributed by atoms with Gasteiger partial charge in [0.2, 0.25) is 0 Å². The van der Waals surface area contributed by atoms with E-state index >= 15 is 0 Å². The molecule has 1 fully saturated rings. The molecule has 1 atom stereocenters. The minimum absolute atomic E-state index is 0.201. The molecule has 1 N–H and O–H groups in total. The molecule has 1 heterocycles. The Morgan fingerprint density at radius 2 is 1.80 bits per heavy atom. The zero-order valence-electron chi connectivity index (χ0n) is 14.3. The highest BCUT2D eigenvalue weighted by atomic mass is 32.2. The first-order chi connectivity index (χ1) is 11.8. The molecule has 1 amide bonds. The van der Waals surface area contributed by atoms with E-state index < -0.39 is 21.3 Å². The molecule has 1 aliphatic rings. The molecule has 0 aromatic heterocycles. The van der Waals surface area contributed by atoms with E-state index in [4.69, 9.17) is 0 Å². The molecule has 0 radical (unpaired) electrons. The third kappa shape index (κ3) is 3.04. The summed E-state index contributed by atoms with van der Waals surface area (Å²) in [5.74, 6) is 0. The SMILES string of the molecule is CN(C)c1cccc2c(S(=O)(=O)C3CCCCN3C(=O)O)cccc12. The van der Waals surface area contributed by atoms with E-state index in [-0.39, 0.29) is 11.4 Å². The van der Waals surface area contributed by atoms with E-state index in [0.717, 1.165) is 16.0 Å². The van der Waals surface area contributed by atoms with Crippen LogP contribution in [0, 0.1) is 0 Å². The molecule has 3 rings (SSSR count). The number of anilines is 1. The molecule has 7 heteroatoms. The van der Waals surface area contributed by atoms with Crippen molar-refractivity contribution in [2.45, 2.75) is 29.5 Å². The van der Waals surface area contributed by atoms with Gasteiger partial charge in [-0.1, -0.05) is 24.3 Å². The second-order valence-corrected chi connectivity index (χ2v) is 8.57. The largest absolute Gasteiger partial charge is 0.465 e. The Balaban J connectivity index is 2.18. The average molecular weight is 362 g/mol. The number of benzene rings is 2. The van der Waals surface area contributed by atoms with Gasteiger partial charge in [-0.25, -0.2) is 13.2 Å². The van der Waals surface area contributed by atoms with Crippen LogP contribution in [0.2, 0.25) is 0 Å². The van der Waals surface area contributed by atoms with Gasteiger partial charge >= 0.3 is 6.09 Å². The number of carbonyl (C=O) groups is 1. The van der Waals surface area contributed by atoms with Gasteiger partial charge in [0.25, 0.3) is 0 Å². The zero-order chi connectivity index (χ0) is 18.2. The highest BCUT2D eigenvalue weighted by Crippen LogP contribution is 2.34. The molecule has 0 saturated carbocycles. The first kappa shape index (κ1) is 17.5. The first-order valence-corrected chi connectivity index (χ1v) is 9.81. The number of piperidine rings is 1. The minimum Gasteiger partial charge on any atom is -0.465 e. The van der Waals surface area contributed by atoms with Gasteiger partial charge in [-0.15, -0.1) is 0 Å². The summed E-state index contributed by atoms with van der Waals surface area (Å²) in [6.45, 7) is 0.257. The second-order valence-electron chi connectivity index (χ2n) is 6.49. The molecule has 1 unspecified atom stereocenters. The maximum Gasteiger partial charge on any atom is 0.408 e. The second kappa shape index (κ2) is 6.55. The molecule has 1 aliphatic heterocycles. The highest BCUT2D eigenvalue weighted by molar-refractivity contribution is 7.92. The smallest absolute Gasteiger partial charge is 0.408 e. The number of likely N-dealkylation sites (tertiary alicyclic amines) is 1. The van der Waals surface area contributed by atoms with Crippen molar-refractivity contribution in [3.63, 3.8) is 0 Å². The number of sulfone groups is 1. The topological polar surface area (TPSA) is 77.9 Å². The molecular weight excluding hydrogens is 340 g/mol. The Hall–Kier alpha value is -2.28. The van der Waals surface area contributed by atoms with Crippen molar-refractivity contribution in [2.75, 3.05) is 25.5 Å². The van der Waals surface area contributed by atoms with Crippen LogP contribution in [-0.2, 0) is 9.84 Å². The lowest BCUT2D eigenvalue weighted by molar-refractivity contribution is 0.126. The summed E-state index contributed by atoms with van der Waals surface area (Å²) in [5.41, 5.74) is 0.924. The lowest BCUT2D eigenvalue weighted by Crippen LogP contribution is -2.47. The zero-order valence-corrected chi connectivity index (χ0v) is 15.2. The fraction of sp³-hybridized carbons (Fsp3) is 0.389. The van der Waals surface area contributed by atoms with Crippen LogP contribution in [0.3, 0.4) is 0 Å². The Morgan fingerprint density at radius 1 is 1.12 bits per heavy atom. The van der Waals surface area contributed by atoms with Crippen LogP contribution in [0.25, 0.3) is 10.8 Å². The van der Waals surface area contributed by atoms with Crippen molar-refractivity contribution in [3.05, 3.63) is 36.4 Å². The summed E-state index contributed by atoms with van der Waals surface area (Å²) in [6.07, 6.45) is 0.556. The molecule has 0 aliphatic carbocycles. The normalized spacial score (nSPS) is 18.3. The Labute approximate surface area is 147 Å². The van der Waals surface area contributed by atoms with E-state index in [9.17, 15) is 18.3 Å². The number of rotatable bonds is 3. The summed E-state index contributed by atoms with van der Waals surface area (Å²) in [4.78, 5) is 14.7. The van der Waals surface area contributed by atoms with E-state index in [2.05, 4.69) is 0 Å². The molecule has 2 aromatic carbocycles. The Bertz CT molecular complexity index is 908. The van der Waals surface area contributed by atoms with Crippen molar-refractivity contribution in [1.82, 2.24) is 4.90 Å². The van der Waals surface area contributed by atoms with Gasteiger partial charge in [-0.3, -0.25) is 4.90 Å². The molecule has 6 nitrogen and oxygen atoms in total. The van der Waals surface area contributed by atoms with Gasteiger partial charge in [0.1, 0.15) is 5.37 Å². The van der Waals surface area contributed by atoms with Crippen molar-refractivity contribution in [3.8, 4) is 0 Å². The molecule has 134 valence electrons. The van der Waals surface area contributed by atoms with Crippen molar-refractivity contribution >= 4 is 32.4 Å². The van der Waals surface area contributed by atoms with Crippen molar-refractivity contribution in [1.29, 1.82) is 0 Å². The Kier molecular flexibility index (Phi) is 4.60. The van der Waals surface area contributed by atoms with Gasteiger partial charge in [-0.2, -0.15) is 0 Å². The van der Waals surface area contributed by atoms with Gasteiger partial charge in [0.05, 0.1) is 4.90 Å². The quantitative estimate of drug-likeness (QED) is 0.907. The van der Waals surface area contributed by atoms with E-state index in [1.54, 1.807) is 18.2 Å². The van der Waals surface area contributed by atoms with Crippen LogP contribution in [0.4, 0.5) is 10.5 Å². The van der Waals surface area contributed by atoms with Gasteiger partial charge in [0.15, 0.2) is 9.84 Å². The number of carboxylic acid groups (broad SMARTS) is 1. The third-order valence-electron chi connectivity index (χ3n) is 4.70. The first-order valence-electron chi connectivity index (χ1n) is 8.26. The maximum atomic E-state index is 13.3. The van der Waals surface area contributed by atoms with Crippen molar-refractivity contribution < 1.29 is 18.3 Å². The highest BCUT2D eigenvalue weighted by Gasteiger charge is 2.38. The fourth-order valence-corrected chi connectivity index (χ4v) is 5.55. The van der Waals surface area contributed by atoms with Crippen LogP contribution >= 0.6 is 0 Å². The lowest BCUT2D eigenvalue weighted by atomic mass is 10.1. The van der Waals surface area contributed by atoms with Crippen LogP contribution in [-0.4, -0.2) is 50.5 Å². The average Bonchev–Trinajstić information content (AvgIpc) is 2.60. The van der Waals surface area contributed by atoms with Gasteiger partial charge in [0, 0.05) is 37.1 Å². The summed E-state index contributed by atoms with van der Waals surface area (Å²) < 4.78 is 26.6. The number of nitrogens with zero attached hydrogens (tertiary/aromatic N) is 2. The van der Waals surface area contributed by atoms with Gasteiger partial charge in [-0.05, 0) is 31.4 Å². The Morgan fingerprint density at radius 3 is 2.48 bits per heavy atom. The minimum atomic E-state index is -3.80. The van der Waals surface area contributed by atoms with E-state index in [1.807, 2.05) is 37.2 Å². The summed E-state index contributed by atoms with van der Waals surface area (Å²) >= 11 is 0. The number of hydrogen-bond acceptors (Lipinski definition) is 4. The number of amides is 1. The fourth-order valence-electron chi connectivity index (χ4n) is 3.49. The van der Waals surface area contributed by atoms with E-state index in [1.165, 1.54) is 0 Å². The molecule has 0 spiro atoms. The van der Waals surface area contributed by atoms with Crippen LogP contribution in [0.5, 0.6) is 0 Å². The van der Waals surface area contributed by atoms with E-state index in [0.29, 0.717) is 24.6 Å². The number of fused-ring (bicyclic) bond motifs is 1. The summed E-state index contributed by atoms with van der Waals surface area (Å²) in [7, 11) is 0.0133. The lowest BCUT2D eigenvalue weighted by Gasteiger charge is -2.33.